The van der Waals surface area contributed by atoms with E-state index in [1.165, 1.54) is 5.56 Å². The number of aryl methyl sites for hydroxylation is 1. The number of anilines is 2. The van der Waals surface area contributed by atoms with E-state index in [0.717, 1.165) is 55.8 Å². The lowest BCUT2D eigenvalue weighted by Crippen LogP contribution is -2.48. The van der Waals surface area contributed by atoms with E-state index in [4.69, 9.17) is 14.7 Å². The molecular weight excluding hydrogens is 382 g/mol. The molecule has 3 aliphatic rings. The Morgan fingerprint density at radius 2 is 1.97 bits per heavy atom. The summed E-state index contributed by atoms with van der Waals surface area (Å²) in [4.78, 5) is 35.0. The van der Waals surface area contributed by atoms with Crippen molar-refractivity contribution >= 4 is 17.7 Å². The van der Waals surface area contributed by atoms with Gasteiger partial charge in [-0.05, 0) is 38.2 Å². The van der Waals surface area contributed by atoms with Gasteiger partial charge in [0.05, 0.1) is 12.3 Å². The number of carbonyl (C=O) groups excluding carboxylic acids is 1. The van der Waals surface area contributed by atoms with Crippen LogP contribution in [-0.4, -0.2) is 66.2 Å². The van der Waals surface area contributed by atoms with E-state index in [2.05, 4.69) is 20.2 Å². The van der Waals surface area contributed by atoms with Gasteiger partial charge in [0.25, 0.3) is 5.91 Å². The van der Waals surface area contributed by atoms with Crippen LogP contribution in [0.2, 0.25) is 0 Å². The molecule has 1 N–H and O–H groups in total. The van der Waals surface area contributed by atoms with Crippen LogP contribution in [0.15, 0.2) is 6.20 Å². The molecule has 0 aromatic carbocycles. The summed E-state index contributed by atoms with van der Waals surface area (Å²) in [5.41, 5.74) is 3.32. The van der Waals surface area contributed by atoms with Crippen molar-refractivity contribution in [1.82, 2.24) is 25.3 Å². The molecule has 0 aliphatic carbocycles. The minimum absolute atomic E-state index is 0.103. The fourth-order valence-corrected chi connectivity index (χ4v) is 4.72. The Morgan fingerprint density at radius 3 is 2.73 bits per heavy atom. The quantitative estimate of drug-likeness (QED) is 0.785. The number of hydrogen-bond acceptors (Lipinski definition) is 8. The van der Waals surface area contributed by atoms with E-state index in [1.807, 2.05) is 32.1 Å². The van der Waals surface area contributed by atoms with Gasteiger partial charge < -0.3 is 19.9 Å². The van der Waals surface area contributed by atoms with Crippen LogP contribution in [0.3, 0.4) is 0 Å². The van der Waals surface area contributed by atoms with Crippen LogP contribution in [0, 0.1) is 6.92 Å². The van der Waals surface area contributed by atoms with E-state index < -0.39 is 0 Å². The predicted octanol–water partition coefficient (Wildman–Crippen LogP) is 0.995. The molecule has 1 spiro atoms. The summed E-state index contributed by atoms with van der Waals surface area (Å²) < 4.78 is 6.37. The number of aromatic nitrogens is 4. The van der Waals surface area contributed by atoms with Crippen molar-refractivity contribution in [3.05, 3.63) is 34.5 Å². The highest BCUT2D eigenvalue weighted by atomic mass is 16.5. The maximum Gasteiger partial charge on any atom is 0.270 e. The summed E-state index contributed by atoms with van der Waals surface area (Å²) in [6.07, 6.45) is 5.22. The molecule has 2 aromatic rings. The number of amides is 1. The summed E-state index contributed by atoms with van der Waals surface area (Å²) in [6, 6.07) is 0. The van der Waals surface area contributed by atoms with Gasteiger partial charge in [0.1, 0.15) is 22.9 Å². The lowest BCUT2D eigenvalue weighted by molar-refractivity contribution is -0.0801. The van der Waals surface area contributed by atoms with Crippen LogP contribution in [0.1, 0.15) is 46.0 Å². The first-order valence-electron chi connectivity index (χ1n) is 10.6. The van der Waals surface area contributed by atoms with Gasteiger partial charge in [-0.2, -0.15) is 0 Å². The highest BCUT2D eigenvalue weighted by molar-refractivity contribution is 5.96. The predicted molar refractivity (Wildman–Crippen MR) is 112 cm³/mol. The second-order valence-electron chi connectivity index (χ2n) is 8.45. The van der Waals surface area contributed by atoms with Gasteiger partial charge in [0, 0.05) is 45.5 Å². The summed E-state index contributed by atoms with van der Waals surface area (Å²) in [6.45, 7) is 4.76. The van der Waals surface area contributed by atoms with Crippen molar-refractivity contribution in [2.45, 2.75) is 38.2 Å². The van der Waals surface area contributed by atoms with Gasteiger partial charge in [-0.25, -0.2) is 19.9 Å². The molecule has 0 radical (unpaired) electrons. The standard InChI is InChI=1S/C21H27N7O2/c1-13-24-16-15(4-8-22-19(16)29)18(25-13)28-9-6-21(7-10-28)17-14(5-11-30-21)12-23-20(26-17)27(2)3/h12H,4-11H2,1-3H3,(H,22,29). The molecule has 5 rings (SSSR count). The SMILES string of the molecule is Cc1nc2c(c(N3CCC4(CC3)OCCc3cnc(N(C)C)nc34)n1)CCNC2=O. The highest BCUT2D eigenvalue weighted by Crippen LogP contribution is 2.42. The third-order valence-corrected chi connectivity index (χ3v) is 6.28. The average molecular weight is 409 g/mol. The lowest BCUT2D eigenvalue weighted by atomic mass is 9.83. The molecular formula is C21H27N7O2. The number of ether oxygens (including phenoxy) is 1. The van der Waals surface area contributed by atoms with E-state index >= 15 is 0 Å². The van der Waals surface area contributed by atoms with E-state index in [9.17, 15) is 4.79 Å². The van der Waals surface area contributed by atoms with Crippen molar-refractivity contribution in [3.8, 4) is 0 Å². The normalized spacial score (nSPS) is 19.8. The molecule has 1 fully saturated rings. The first-order chi connectivity index (χ1) is 14.5. The number of nitrogens with one attached hydrogen (secondary N) is 1. The minimum Gasteiger partial charge on any atom is -0.368 e. The monoisotopic (exact) mass is 409 g/mol. The molecule has 3 aliphatic heterocycles. The van der Waals surface area contributed by atoms with Crippen molar-refractivity contribution in [3.63, 3.8) is 0 Å². The average Bonchev–Trinajstić information content (AvgIpc) is 2.75. The first kappa shape index (κ1) is 19.2. The van der Waals surface area contributed by atoms with Crippen LogP contribution in [0.25, 0.3) is 0 Å². The Balaban J connectivity index is 1.45. The van der Waals surface area contributed by atoms with Gasteiger partial charge in [0.15, 0.2) is 0 Å². The minimum atomic E-state index is -0.378. The maximum atomic E-state index is 12.3. The molecule has 0 saturated carbocycles. The van der Waals surface area contributed by atoms with Gasteiger partial charge in [0.2, 0.25) is 5.95 Å². The Labute approximate surface area is 175 Å². The zero-order valence-electron chi connectivity index (χ0n) is 17.7. The number of hydrogen-bond donors (Lipinski definition) is 1. The summed E-state index contributed by atoms with van der Waals surface area (Å²) in [5, 5.41) is 2.88. The number of nitrogens with zero attached hydrogens (tertiary/aromatic N) is 6. The third kappa shape index (κ3) is 3.08. The largest absolute Gasteiger partial charge is 0.368 e. The van der Waals surface area contributed by atoms with Crippen LogP contribution >= 0.6 is 0 Å². The van der Waals surface area contributed by atoms with E-state index in [-0.39, 0.29) is 11.5 Å². The Bertz CT molecular complexity index is 999. The molecule has 0 unspecified atom stereocenters. The Kier molecular flexibility index (Phi) is 4.57. The molecule has 2 aromatic heterocycles. The zero-order chi connectivity index (χ0) is 20.9. The second-order valence-corrected chi connectivity index (χ2v) is 8.45. The molecule has 5 heterocycles. The van der Waals surface area contributed by atoms with Crippen molar-refractivity contribution < 1.29 is 9.53 Å². The van der Waals surface area contributed by atoms with Gasteiger partial charge in [-0.1, -0.05) is 0 Å². The van der Waals surface area contributed by atoms with E-state index in [0.29, 0.717) is 30.6 Å². The van der Waals surface area contributed by atoms with Gasteiger partial charge >= 0.3 is 0 Å². The zero-order valence-corrected chi connectivity index (χ0v) is 17.7. The van der Waals surface area contributed by atoms with Crippen LogP contribution < -0.4 is 15.1 Å². The molecule has 30 heavy (non-hydrogen) atoms. The van der Waals surface area contributed by atoms with E-state index in [1.54, 1.807) is 0 Å². The fourth-order valence-electron chi connectivity index (χ4n) is 4.72. The van der Waals surface area contributed by atoms with Gasteiger partial charge in [-0.15, -0.1) is 0 Å². The van der Waals surface area contributed by atoms with Crippen molar-refractivity contribution in [1.29, 1.82) is 0 Å². The molecule has 0 atom stereocenters. The maximum absolute atomic E-state index is 12.3. The molecule has 1 saturated heterocycles. The molecule has 9 nitrogen and oxygen atoms in total. The lowest BCUT2D eigenvalue weighted by Gasteiger charge is -2.45. The Hall–Kier alpha value is -2.81. The first-order valence-corrected chi connectivity index (χ1v) is 10.6. The highest BCUT2D eigenvalue weighted by Gasteiger charge is 2.43. The van der Waals surface area contributed by atoms with Gasteiger partial charge in [-0.3, -0.25) is 4.79 Å². The van der Waals surface area contributed by atoms with Crippen LogP contribution in [0.4, 0.5) is 11.8 Å². The number of rotatable bonds is 2. The van der Waals surface area contributed by atoms with Crippen molar-refractivity contribution in [2.24, 2.45) is 0 Å². The summed E-state index contributed by atoms with van der Waals surface area (Å²) in [5.74, 6) is 2.14. The molecule has 0 bridgehead atoms. The number of fused-ring (bicyclic) bond motifs is 3. The number of piperidine rings is 1. The second kappa shape index (κ2) is 7.16. The number of carbonyl (C=O) groups is 1. The van der Waals surface area contributed by atoms with Crippen LogP contribution in [-0.2, 0) is 23.2 Å². The topological polar surface area (TPSA) is 96.4 Å². The molecule has 158 valence electrons. The molecule has 9 heteroatoms. The molecule has 1 amide bonds. The Morgan fingerprint density at radius 1 is 1.17 bits per heavy atom. The third-order valence-electron chi connectivity index (χ3n) is 6.28. The van der Waals surface area contributed by atoms with Crippen LogP contribution in [0.5, 0.6) is 0 Å². The fraction of sp³-hybridized carbons (Fsp3) is 0.571. The smallest absolute Gasteiger partial charge is 0.270 e. The van der Waals surface area contributed by atoms with Crippen molar-refractivity contribution in [2.75, 3.05) is 50.1 Å². The summed E-state index contributed by atoms with van der Waals surface area (Å²) >= 11 is 0. The summed E-state index contributed by atoms with van der Waals surface area (Å²) in [7, 11) is 3.91.